The van der Waals surface area contributed by atoms with Gasteiger partial charge in [0.05, 0.1) is 11.8 Å². The van der Waals surface area contributed by atoms with Gasteiger partial charge in [0.25, 0.3) is 5.91 Å². The van der Waals surface area contributed by atoms with E-state index in [2.05, 4.69) is 10.6 Å². The minimum absolute atomic E-state index is 0.0599. The number of anilines is 1. The molecule has 0 aliphatic rings. The Morgan fingerprint density at radius 3 is 2.42 bits per heavy atom. The fraction of sp³-hybridized carbons (Fsp3) is 0.538. The first kappa shape index (κ1) is 15.1. The quantitative estimate of drug-likeness (QED) is 0.877. The van der Waals surface area contributed by atoms with Crippen LogP contribution in [0.4, 0.5) is 10.5 Å². The van der Waals surface area contributed by atoms with Crippen molar-refractivity contribution in [2.75, 3.05) is 5.32 Å². The lowest BCUT2D eigenvalue weighted by molar-refractivity contribution is 0.0934. The maximum absolute atomic E-state index is 11.9. The lowest BCUT2D eigenvalue weighted by Gasteiger charge is -2.08. The molecule has 0 radical (unpaired) electrons. The highest BCUT2D eigenvalue weighted by Crippen LogP contribution is 2.13. The van der Waals surface area contributed by atoms with Crippen molar-refractivity contribution < 1.29 is 14.3 Å². The van der Waals surface area contributed by atoms with Crippen LogP contribution in [0.5, 0.6) is 0 Å². The van der Waals surface area contributed by atoms with Gasteiger partial charge in [-0.25, -0.2) is 4.79 Å². The molecule has 0 aromatic carbocycles. The predicted octanol–water partition coefficient (Wildman–Crippen LogP) is 2.12. The number of ether oxygens (including phenoxy) is 1. The molecule has 0 spiro atoms. The fourth-order valence-corrected chi connectivity index (χ4v) is 1.56. The fourth-order valence-electron chi connectivity index (χ4n) is 1.56. The van der Waals surface area contributed by atoms with Crippen molar-refractivity contribution in [3.05, 3.63) is 18.0 Å². The Balaban J connectivity index is 2.73. The van der Waals surface area contributed by atoms with Crippen molar-refractivity contribution >= 4 is 17.7 Å². The maximum atomic E-state index is 11.9. The number of hydrogen-bond acceptors (Lipinski definition) is 3. The number of hydrogen-bond donors (Lipinski definition) is 2. The predicted molar refractivity (Wildman–Crippen MR) is 73.3 cm³/mol. The molecule has 0 atom stereocenters. The van der Waals surface area contributed by atoms with E-state index in [9.17, 15) is 9.59 Å². The van der Waals surface area contributed by atoms with E-state index in [1.54, 1.807) is 37.7 Å². The Morgan fingerprint density at radius 1 is 1.26 bits per heavy atom. The SMILES string of the molecule is CC(C)NC(=O)c1cc(NC(=O)OC(C)C)cn1C. The molecule has 0 saturated carbocycles. The highest BCUT2D eigenvalue weighted by atomic mass is 16.6. The molecule has 6 heteroatoms. The zero-order valence-electron chi connectivity index (χ0n) is 12.0. The summed E-state index contributed by atoms with van der Waals surface area (Å²) in [5.74, 6) is -0.178. The van der Waals surface area contributed by atoms with E-state index < -0.39 is 6.09 Å². The zero-order chi connectivity index (χ0) is 14.6. The average molecular weight is 267 g/mol. The van der Waals surface area contributed by atoms with Gasteiger partial charge in [-0.2, -0.15) is 0 Å². The first-order valence-electron chi connectivity index (χ1n) is 6.24. The highest BCUT2D eigenvalue weighted by molar-refractivity contribution is 5.95. The molecule has 1 aromatic rings. The molecule has 1 aromatic heterocycles. The normalized spacial score (nSPS) is 10.7. The standard InChI is InChI=1S/C13H21N3O3/c1-8(2)14-12(17)11-6-10(7-16(11)5)15-13(18)19-9(3)4/h6-9H,1-5H3,(H,14,17)(H,15,18). The van der Waals surface area contributed by atoms with Crippen LogP contribution >= 0.6 is 0 Å². The van der Waals surface area contributed by atoms with Gasteiger partial charge in [-0.05, 0) is 33.8 Å². The molecule has 19 heavy (non-hydrogen) atoms. The highest BCUT2D eigenvalue weighted by Gasteiger charge is 2.14. The summed E-state index contributed by atoms with van der Waals surface area (Å²) < 4.78 is 6.62. The molecule has 0 aliphatic carbocycles. The van der Waals surface area contributed by atoms with E-state index in [0.717, 1.165) is 0 Å². The van der Waals surface area contributed by atoms with Crippen LogP contribution in [0.25, 0.3) is 0 Å². The minimum atomic E-state index is -0.531. The smallest absolute Gasteiger partial charge is 0.411 e. The molecule has 0 unspecified atom stereocenters. The summed E-state index contributed by atoms with van der Waals surface area (Å²) in [5.41, 5.74) is 1.01. The van der Waals surface area contributed by atoms with E-state index in [1.165, 1.54) is 0 Å². The van der Waals surface area contributed by atoms with Gasteiger partial charge >= 0.3 is 6.09 Å². The third kappa shape index (κ3) is 4.65. The van der Waals surface area contributed by atoms with Gasteiger partial charge < -0.3 is 14.6 Å². The number of carbonyl (C=O) groups is 2. The van der Waals surface area contributed by atoms with E-state index in [4.69, 9.17) is 4.74 Å². The van der Waals surface area contributed by atoms with Gasteiger partial charge in [0.2, 0.25) is 0 Å². The molecule has 0 aliphatic heterocycles. The van der Waals surface area contributed by atoms with Gasteiger partial charge in [0, 0.05) is 19.3 Å². The van der Waals surface area contributed by atoms with Gasteiger partial charge in [-0.3, -0.25) is 10.1 Å². The number of nitrogens with one attached hydrogen (secondary N) is 2. The van der Waals surface area contributed by atoms with Gasteiger partial charge in [-0.15, -0.1) is 0 Å². The van der Waals surface area contributed by atoms with Crippen LogP contribution in [-0.4, -0.2) is 28.7 Å². The van der Waals surface area contributed by atoms with Crippen molar-refractivity contribution in [3.63, 3.8) is 0 Å². The van der Waals surface area contributed by atoms with Gasteiger partial charge in [0.1, 0.15) is 5.69 Å². The van der Waals surface area contributed by atoms with Crippen LogP contribution < -0.4 is 10.6 Å². The lowest BCUT2D eigenvalue weighted by atomic mass is 10.3. The van der Waals surface area contributed by atoms with Crippen LogP contribution in [0, 0.1) is 0 Å². The van der Waals surface area contributed by atoms with E-state index in [0.29, 0.717) is 11.4 Å². The Kier molecular flexibility index (Phi) is 4.97. The van der Waals surface area contributed by atoms with Gasteiger partial charge in [-0.1, -0.05) is 0 Å². The Bertz CT molecular complexity index is 464. The van der Waals surface area contributed by atoms with Crippen molar-refractivity contribution in [1.82, 2.24) is 9.88 Å². The molecule has 0 bridgehead atoms. The van der Waals surface area contributed by atoms with Crippen LogP contribution in [0.3, 0.4) is 0 Å². The van der Waals surface area contributed by atoms with Crippen LogP contribution in [0.1, 0.15) is 38.2 Å². The molecule has 0 fully saturated rings. The van der Waals surface area contributed by atoms with Crippen LogP contribution in [-0.2, 0) is 11.8 Å². The third-order valence-corrected chi connectivity index (χ3v) is 2.25. The first-order valence-corrected chi connectivity index (χ1v) is 6.24. The second-order valence-electron chi connectivity index (χ2n) is 4.93. The number of nitrogens with zero attached hydrogens (tertiary/aromatic N) is 1. The topological polar surface area (TPSA) is 72.4 Å². The summed E-state index contributed by atoms with van der Waals surface area (Å²) in [6.45, 7) is 7.32. The van der Waals surface area contributed by atoms with Crippen molar-refractivity contribution in [2.45, 2.75) is 39.8 Å². The molecule has 1 heterocycles. The Morgan fingerprint density at radius 2 is 1.89 bits per heavy atom. The van der Waals surface area contributed by atoms with Crippen LogP contribution in [0.2, 0.25) is 0 Å². The molecule has 6 nitrogen and oxygen atoms in total. The number of aromatic nitrogens is 1. The molecular formula is C13H21N3O3. The van der Waals surface area contributed by atoms with Crippen molar-refractivity contribution in [1.29, 1.82) is 0 Å². The molecular weight excluding hydrogens is 246 g/mol. The number of aryl methyl sites for hydroxylation is 1. The summed E-state index contributed by atoms with van der Waals surface area (Å²) in [6, 6.07) is 1.67. The molecule has 2 amide bonds. The van der Waals surface area contributed by atoms with Crippen molar-refractivity contribution in [2.24, 2.45) is 7.05 Å². The molecule has 1 rings (SSSR count). The van der Waals surface area contributed by atoms with Crippen LogP contribution in [0.15, 0.2) is 12.3 Å². The van der Waals surface area contributed by atoms with E-state index in [-0.39, 0.29) is 18.1 Å². The Hall–Kier alpha value is -1.98. The second-order valence-corrected chi connectivity index (χ2v) is 4.93. The molecule has 106 valence electrons. The number of amides is 2. The monoisotopic (exact) mass is 267 g/mol. The zero-order valence-corrected chi connectivity index (χ0v) is 12.0. The summed E-state index contributed by atoms with van der Waals surface area (Å²) in [5, 5.41) is 5.38. The molecule has 0 saturated heterocycles. The molecule has 2 N–H and O–H groups in total. The first-order chi connectivity index (χ1) is 8.79. The average Bonchev–Trinajstić information content (AvgIpc) is 2.56. The number of rotatable bonds is 4. The minimum Gasteiger partial charge on any atom is -0.447 e. The summed E-state index contributed by atoms with van der Waals surface area (Å²) in [4.78, 5) is 23.3. The second kappa shape index (κ2) is 6.26. The lowest BCUT2D eigenvalue weighted by Crippen LogP contribution is -2.31. The van der Waals surface area contributed by atoms with E-state index in [1.807, 2.05) is 13.8 Å². The van der Waals surface area contributed by atoms with Crippen molar-refractivity contribution in [3.8, 4) is 0 Å². The third-order valence-electron chi connectivity index (χ3n) is 2.25. The summed E-state index contributed by atoms with van der Waals surface area (Å²) >= 11 is 0. The Labute approximate surface area is 113 Å². The largest absolute Gasteiger partial charge is 0.447 e. The summed E-state index contributed by atoms with van der Waals surface area (Å²) in [6.07, 6.45) is 0.945. The van der Waals surface area contributed by atoms with E-state index >= 15 is 0 Å². The maximum Gasteiger partial charge on any atom is 0.411 e. The summed E-state index contributed by atoms with van der Waals surface area (Å²) in [7, 11) is 1.74. The van der Waals surface area contributed by atoms with Gasteiger partial charge in [0.15, 0.2) is 0 Å². The number of carbonyl (C=O) groups excluding carboxylic acids is 2.